The number of halogens is 2. The van der Waals surface area contributed by atoms with Crippen LogP contribution >= 0.6 is 0 Å². The Morgan fingerprint density at radius 3 is 2.47 bits per heavy atom. The fraction of sp³-hybridized carbons (Fsp3) is 0.700. The predicted octanol–water partition coefficient (Wildman–Crippen LogP) is 1.43. The van der Waals surface area contributed by atoms with Crippen LogP contribution in [0.25, 0.3) is 0 Å². The van der Waals surface area contributed by atoms with E-state index >= 15 is 0 Å². The third kappa shape index (κ3) is 2.38. The van der Waals surface area contributed by atoms with Crippen LogP contribution in [-0.4, -0.2) is 29.6 Å². The molecule has 1 aromatic rings. The monoisotopic (exact) mass is 292 g/mol. The number of hydrogen-bond donors (Lipinski definition) is 0. The van der Waals surface area contributed by atoms with E-state index in [0.29, 0.717) is 5.82 Å². The highest BCUT2D eigenvalue weighted by Crippen LogP contribution is 2.35. The van der Waals surface area contributed by atoms with E-state index in [-0.39, 0.29) is 11.5 Å². The van der Waals surface area contributed by atoms with Crippen molar-refractivity contribution in [3.05, 3.63) is 11.6 Å². The zero-order chi connectivity index (χ0) is 14.4. The number of aryl methyl sites for hydroxylation is 1. The van der Waals surface area contributed by atoms with E-state index < -0.39 is 27.5 Å². The second-order valence-corrected chi connectivity index (χ2v) is 6.45. The third-order valence-corrected chi connectivity index (χ3v) is 4.07. The summed E-state index contributed by atoms with van der Waals surface area (Å²) in [5.41, 5.74) is -0.711. The number of aromatic nitrogens is 3. The van der Waals surface area contributed by atoms with E-state index in [1.54, 1.807) is 13.8 Å². The van der Waals surface area contributed by atoms with Crippen molar-refractivity contribution in [3.63, 3.8) is 0 Å². The van der Waals surface area contributed by atoms with Crippen LogP contribution in [0.1, 0.15) is 31.9 Å². The molecule has 1 atom stereocenters. The molecule has 19 heavy (non-hydrogen) atoms. The highest BCUT2D eigenvalue weighted by atomic mass is 32.2. The molecule has 1 aliphatic rings. The first-order valence-electron chi connectivity index (χ1n) is 5.56. The van der Waals surface area contributed by atoms with Crippen molar-refractivity contribution in [2.24, 2.45) is 12.2 Å². The first-order valence-corrected chi connectivity index (χ1v) is 6.71. The van der Waals surface area contributed by atoms with Crippen LogP contribution in [0.15, 0.2) is 5.16 Å². The normalized spacial score (nSPS) is 20.0. The minimum absolute atomic E-state index is 0.0893. The molecule has 0 fully saturated rings. The van der Waals surface area contributed by atoms with Crippen LogP contribution in [0, 0.1) is 6.92 Å². The third-order valence-electron chi connectivity index (χ3n) is 2.77. The van der Waals surface area contributed by atoms with E-state index in [0.717, 1.165) is 4.57 Å². The Morgan fingerprint density at radius 1 is 1.42 bits per heavy atom. The molecule has 0 amide bonds. The lowest BCUT2D eigenvalue weighted by atomic mass is 10.1. The standard InChI is InChI=1S/C10H14F2N4O2S/c1-6-13-14-8(16(6)4)10(11,12)19(17)7-5-9(2,3)18-15-7/h5H2,1-4H3. The molecule has 2 heterocycles. The summed E-state index contributed by atoms with van der Waals surface area (Å²) >= 11 is 0. The van der Waals surface area contributed by atoms with Gasteiger partial charge in [-0.3, -0.25) is 0 Å². The molecule has 106 valence electrons. The Morgan fingerprint density at radius 2 is 2.05 bits per heavy atom. The topological polar surface area (TPSA) is 69.4 Å². The summed E-state index contributed by atoms with van der Waals surface area (Å²) in [6.07, 6.45) is 0.0893. The molecular formula is C10H14F2N4O2S. The van der Waals surface area contributed by atoms with Gasteiger partial charge in [0.05, 0.1) is 0 Å². The Hall–Kier alpha value is -1.38. The molecule has 0 saturated heterocycles. The summed E-state index contributed by atoms with van der Waals surface area (Å²) in [6.45, 7) is 4.91. The average molecular weight is 292 g/mol. The average Bonchev–Trinajstić information content (AvgIpc) is 2.82. The van der Waals surface area contributed by atoms with Gasteiger partial charge >= 0.3 is 5.25 Å². The van der Waals surface area contributed by atoms with Crippen molar-refractivity contribution < 1.29 is 17.8 Å². The van der Waals surface area contributed by atoms with E-state index in [4.69, 9.17) is 4.84 Å². The smallest absolute Gasteiger partial charge is 0.385 e. The van der Waals surface area contributed by atoms with Crippen molar-refractivity contribution in [1.82, 2.24) is 14.8 Å². The first-order chi connectivity index (χ1) is 8.65. The van der Waals surface area contributed by atoms with Gasteiger partial charge in [-0.05, 0) is 20.8 Å². The summed E-state index contributed by atoms with van der Waals surface area (Å²) in [7, 11) is -1.24. The Balaban J connectivity index is 2.31. The molecule has 0 aromatic carbocycles. The Bertz CT molecular complexity index is 568. The molecule has 0 N–H and O–H groups in total. The van der Waals surface area contributed by atoms with Gasteiger partial charge < -0.3 is 9.40 Å². The molecule has 0 bridgehead atoms. The van der Waals surface area contributed by atoms with Gasteiger partial charge in [0.1, 0.15) is 22.2 Å². The lowest BCUT2D eigenvalue weighted by Crippen LogP contribution is -2.31. The fourth-order valence-electron chi connectivity index (χ4n) is 1.59. The lowest BCUT2D eigenvalue weighted by Gasteiger charge is -2.15. The molecule has 1 aliphatic heterocycles. The van der Waals surface area contributed by atoms with Crippen molar-refractivity contribution >= 4 is 15.8 Å². The number of hydrogen-bond acceptors (Lipinski definition) is 5. The molecule has 0 radical (unpaired) electrons. The fourth-order valence-corrected chi connectivity index (χ4v) is 2.82. The van der Waals surface area contributed by atoms with Crippen LogP contribution in [0.3, 0.4) is 0 Å². The van der Waals surface area contributed by atoms with E-state index in [1.165, 1.54) is 14.0 Å². The Labute approximate surface area is 111 Å². The second kappa shape index (κ2) is 4.32. The van der Waals surface area contributed by atoms with Crippen LogP contribution in [0.4, 0.5) is 8.78 Å². The molecule has 2 rings (SSSR count). The van der Waals surface area contributed by atoms with E-state index in [2.05, 4.69) is 15.4 Å². The summed E-state index contributed by atoms with van der Waals surface area (Å²) in [5, 5.41) is 6.61. The molecule has 0 saturated carbocycles. The largest absolute Gasteiger partial charge is 0.389 e. The van der Waals surface area contributed by atoms with Gasteiger partial charge in [-0.1, -0.05) is 5.16 Å². The van der Waals surface area contributed by atoms with Gasteiger partial charge in [0.15, 0.2) is 5.04 Å². The van der Waals surface area contributed by atoms with Crippen LogP contribution in [0.5, 0.6) is 0 Å². The lowest BCUT2D eigenvalue weighted by molar-refractivity contribution is 0.0123. The van der Waals surface area contributed by atoms with Crippen molar-refractivity contribution in [1.29, 1.82) is 0 Å². The summed E-state index contributed by atoms with van der Waals surface area (Å²) < 4.78 is 41.4. The highest BCUT2D eigenvalue weighted by molar-refractivity contribution is 8.01. The predicted molar refractivity (Wildman–Crippen MR) is 65.0 cm³/mol. The van der Waals surface area contributed by atoms with Gasteiger partial charge in [-0.2, -0.15) is 8.78 Å². The van der Waals surface area contributed by atoms with E-state index in [9.17, 15) is 13.0 Å². The molecule has 0 spiro atoms. The zero-order valence-corrected chi connectivity index (χ0v) is 11.8. The minimum atomic E-state index is -3.65. The number of oxime groups is 1. The quantitative estimate of drug-likeness (QED) is 0.827. The van der Waals surface area contributed by atoms with Crippen LogP contribution in [0.2, 0.25) is 0 Å². The molecule has 1 unspecified atom stereocenters. The minimum Gasteiger partial charge on any atom is -0.389 e. The maximum atomic E-state index is 14.2. The van der Waals surface area contributed by atoms with Gasteiger partial charge in [0, 0.05) is 13.5 Å². The maximum Gasteiger partial charge on any atom is 0.385 e. The van der Waals surface area contributed by atoms with Gasteiger partial charge in [-0.15, -0.1) is 10.2 Å². The number of nitrogens with zero attached hydrogens (tertiary/aromatic N) is 4. The molecular weight excluding hydrogens is 278 g/mol. The van der Waals surface area contributed by atoms with Crippen molar-refractivity contribution in [3.8, 4) is 0 Å². The maximum absolute atomic E-state index is 14.2. The second-order valence-electron chi connectivity index (χ2n) is 4.93. The van der Waals surface area contributed by atoms with Crippen molar-refractivity contribution in [2.75, 3.05) is 0 Å². The molecule has 6 nitrogen and oxygen atoms in total. The van der Waals surface area contributed by atoms with E-state index in [1.807, 2.05) is 0 Å². The summed E-state index contributed by atoms with van der Waals surface area (Å²) in [4.78, 5) is 4.96. The molecule has 9 heteroatoms. The number of alkyl halides is 2. The highest BCUT2D eigenvalue weighted by Gasteiger charge is 2.49. The molecule has 1 aromatic heterocycles. The summed E-state index contributed by atoms with van der Waals surface area (Å²) in [6, 6.07) is 0. The van der Waals surface area contributed by atoms with Crippen molar-refractivity contribution in [2.45, 2.75) is 38.0 Å². The summed E-state index contributed by atoms with van der Waals surface area (Å²) in [5.74, 6) is -0.327. The first kappa shape index (κ1) is 14.0. The van der Waals surface area contributed by atoms with Gasteiger partial charge in [-0.25, -0.2) is 4.21 Å². The zero-order valence-electron chi connectivity index (χ0n) is 11.0. The number of rotatable bonds is 2. The Kier molecular flexibility index (Phi) is 3.20. The molecule has 0 aliphatic carbocycles. The van der Waals surface area contributed by atoms with Gasteiger partial charge in [0.25, 0.3) is 0 Å². The van der Waals surface area contributed by atoms with Crippen LogP contribution in [-0.2, 0) is 27.9 Å². The van der Waals surface area contributed by atoms with Gasteiger partial charge in [0.2, 0.25) is 5.82 Å². The SMILES string of the molecule is Cc1nnc(C(F)(F)S(=O)C2=NOC(C)(C)C2)n1C. The van der Waals surface area contributed by atoms with Crippen LogP contribution < -0.4 is 0 Å².